The van der Waals surface area contributed by atoms with Crippen LogP contribution in [0, 0.1) is 0 Å². The number of aromatic amines is 1. The molecule has 1 saturated heterocycles. The van der Waals surface area contributed by atoms with Gasteiger partial charge in [0.05, 0.1) is 5.56 Å². The third kappa shape index (κ3) is 2.67. The number of aromatic nitrogens is 1. The Hall–Kier alpha value is -1.47. The second-order valence-electron chi connectivity index (χ2n) is 5.11. The van der Waals surface area contributed by atoms with Crippen molar-refractivity contribution < 1.29 is 13.2 Å². The number of nitrogens with one attached hydrogen (secondary N) is 1. The van der Waals surface area contributed by atoms with Gasteiger partial charge in [-0.05, 0) is 6.07 Å². The monoisotopic (exact) mass is 324 g/mol. The second kappa shape index (κ2) is 5.38. The summed E-state index contributed by atoms with van der Waals surface area (Å²) in [4.78, 5) is 17.3. The number of sulfone groups is 1. The molecule has 0 saturated carbocycles. The van der Waals surface area contributed by atoms with E-state index in [1.54, 1.807) is 18.0 Å². The number of hydrogen-bond acceptors (Lipinski definition) is 4. The van der Waals surface area contributed by atoms with Gasteiger partial charge in [0.15, 0.2) is 9.84 Å². The fraction of sp³-hybridized carbons (Fsp3) is 0.357. The Balaban J connectivity index is 2.00. The Morgan fingerprint density at radius 1 is 1.38 bits per heavy atom. The summed E-state index contributed by atoms with van der Waals surface area (Å²) < 4.78 is 23.8. The molecule has 3 rings (SSSR count). The van der Waals surface area contributed by atoms with Crippen molar-refractivity contribution in [3.8, 4) is 0 Å². The first-order chi connectivity index (χ1) is 9.98. The summed E-state index contributed by atoms with van der Waals surface area (Å²) in [7, 11) is -3.29. The molecule has 21 heavy (non-hydrogen) atoms. The van der Waals surface area contributed by atoms with Gasteiger partial charge in [0.1, 0.15) is 5.37 Å². The van der Waals surface area contributed by atoms with E-state index in [0.29, 0.717) is 17.9 Å². The van der Waals surface area contributed by atoms with Gasteiger partial charge in [0.25, 0.3) is 5.91 Å². The third-order valence-corrected chi connectivity index (χ3v) is 6.30. The smallest absolute Gasteiger partial charge is 0.257 e. The highest BCUT2D eigenvalue weighted by Gasteiger charge is 2.35. The van der Waals surface area contributed by atoms with Crippen LogP contribution in [-0.4, -0.2) is 53.9 Å². The van der Waals surface area contributed by atoms with E-state index in [1.165, 1.54) is 11.2 Å². The average molecular weight is 324 g/mol. The molecule has 1 unspecified atom stereocenters. The largest absolute Gasteiger partial charge is 0.360 e. The van der Waals surface area contributed by atoms with Crippen molar-refractivity contribution >= 4 is 38.4 Å². The molecule has 1 N–H and O–H groups in total. The van der Waals surface area contributed by atoms with Crippen LogP contribution in [0.2, 0.25) is 0 Å². The molecule has 112 valence electrons. The number of carbonyl (C=O) groups excluding carboxylic acids is 1. The van der Waals surface area contributed by atoms with Crippen molar-refractivity contribution in [2.24, 2.45) is 0 Å². The number of carbonyl (C=O) groups is 1. The van der Waals surface area contributed by atoms with Crippen LogP contribution in [0.1, 0.15) is 10.4 Å². The highest BCUT2D eigenvalue weighted by Crippen LogP contribution is 2.25. The molecule has 0 bridgehead atoms. The Morgan fingerprint density at radius 2 is 2.14 bits per heavy atom. The Morgan fingerprint density at radius 3 is 2.90 bits per heavy atom. The molecule has 0 spiro atoms. The lowest BCUT2D eigenvalue weighted by Gasteiger charge is -2.33. The first-order valence-corrected chi connectivity index (χ1v) is 9.73. The number of H-pyrrole nitrogens is 1. The van der Waals surface area contributed by atoms with Crippen LogP contribution in [-0.2, 0) is 9.84 Å². The predicted octanol–water partition coefficient (Wildman–Crippen LogP) is 1.73. The fourth-order valence-corrected chi connectivity index (χ4v) is 5.39. The van der Waals surface area contributed by atoms with Crippen molar-refractivity contribution in [1.82, 2.24) is 9.88 Å². The number of rotatable bonds is 2. The lowest BCUT2D eigenvalue weighted by molar-refractivity contribution is 0.0751. The van der Waals surface area contributed by atoms with E-state index in [2.05, 4.69) is 4.98 Å². The molecular formula is C14H16N2O3S2. The third-order valence-electron chi connectivity index (χ3n) is 3.66. The van der Waals surface area contributed by atoms with E-state index in [1.807, 2.05) is 24.3 Å². The molecule has 2 aromatic rings. The van der Waals surface area contributed by atoms with Crippen molar-refractivity contribution in [3.63, 3.8) is 0 Å². The Bertz CT molecular complexity index is 782. The zero-order valence-electron chi connectivity index (χ0n) is 11.6. The summed E-state index contributed by atoms with van der Waals surface area (Å²) in [5, 5.41) is 0.0883. The molecule has 7 heteroatoms. The average Bonchev–Trinajstić information content (AvgIpc) is 2.89. The molecule has 1 aliphatic rings. The number of benzene rings is 1. The van der Waals surface area contributed by atoms with Gasteiger partial charge in [0.2, 0.25) is 0 Å². The quantitative estimate of drug-likeness (QED) is 0.913. The highest BCUT2D eigenvalue weighted by atomic mass is 32.2. The maximum atomic E-state index is 12.8. The van der Waals surface area contributed by atoms with Crippen LogP contribution >= 0.6 is 11.8 Å². The maximum absolute atomic E-state index is 12.8. The number of fused-ring (bicyclic) bond motifs is 1. The molecule has 1 aliphatic heterocycles. The lowest BCUT2D eigenvalue weighted by atomic mass is 10.1. The van der Waals surface area contributed by atoms with Crippen LogP contribution < -0.4 is 0 Å². The van der Waals surface area contributed by atoms with Crippen LogP contribution in [0.3, 0.4) is 0 Å². The number of para-hydroxylation sites is 1. The minimum absolute atomic E-state index is 0.219. The normalized spacial score (nSPS) is 19.9. The standard InChI is InChI=1S/C14H16N2O3S2/c1-21(18,19)13-9-20-7-6-16(13)14(17)11-8-15-12-5-3-2-4-10(11)12/h2-5,8,13,15H,6-7,9H2,1H3. The summed E-state index contributed by atoms with van der Waals surface area (Å²) in [5.74, 6) is 0.982. The lowest BCUT2D eigenvalue weighted by Crippen LogP contribution is -2.49. The minimum atomic E-state index is -3.29. The first-order valence-electron chi connectivity index (χ1n) is 6.62. The van der Waals surface area contributed by atoms with Gasteiger partial charge in [-0.25, -0.2) is 8.42 Å². The molecule has 0 radical (unpaired) electrons. The summed E-state index contributed by atoms with van der Waals surface area (Å²) in [6.07, 6.45) is 2.85. The maximum Gasteiger partial charge on any atom is 0.257 e. The second-order valence-corrected chi connectivity index (χ2v) is 8.46. The van der Waals surface area contributed by atoms with E-state index >= 15 is 0 Å². The van der Waals surface area contributed by atoms with E-state index in [0.717, 1.165) is 16.7 Å². The molecule has 1 aromatic heterocycles. The van der Waals surface area contributed by atoms with Gasteiger partial charge < -0.3 is 9.88 Å². The molecule has 1 atom stereocenters. The molecule has 2 heterocycles. The topological polar surface area (TPSA) is 70.2 Å². The summed E-state index contributed by atoms with van der Waals surface area (Å²) in [5.41, 5.74) is 1.41. The summed E-state index contributed by atoms with van der Waals surface area (Å²) in [6.45, 7) is 0.459. The number of amides is 1. The van der Waals surface area contributed by atoms with Crippen molar-refractivity contribution in [2.45, 2.75) is 5.37 Å². The van der Waals surface area contributed by atoms with Crippen LogP contribution in [0.5, 0.6) is 0 Å². The van der Waals surface area contributed by atoms with E-state index in [9.17, 15) is 13.2 Å². The van der Waals surface area contributed by atoms with Gasteiger partial charge in [-0.1, -0.05) is 18.2 Å². The van der Waals surface area contributed by atoms with E-state index in [-0.39, 0.29) is 5.91 Å². The van der Waals surface area contributed by atoms with Gasteiger partial charge in [0, 0.05) is 41.4 Å². The van der Waals surface area contributed by atoms with E-state index in [4.69, 9.17) is 0 Å². The summed E-state index contributed by atoms with van der Waals surface area (Å²) in [6, 6.07) is 7.52. The number of thioether (sulfide) groups is 1. The molecular weight excluding hydrogens is 308 g/mol. The van der Waals surface area contributed by atoms with Gasteiger partial charge in [-0.2, -0.15) is 11.8 Å². The highest BCUT2D eigenvalue weighted by molar-refractivity contribution is 8.00. The van der Waals surface area contributed by atoms with Crippen LogP contribution in [0.15, 0.2) is 30.5 Å². The first kappa shape index (κ1) is 14.5. The SMILES string of the molecule is CS(=O)(=O)C1CSCCN1C(=O)c1c[nH]c2ccccc12. The molecule has 1 aromatic carbocycles. The number of nitrogens with zero attached hydrogens (tertiary/aromatic N) is 1. The van der Waals surface area contributed by atoms with Gasteiger partial charge in [-0.15, -0.1) is 0 Å². The molecule has 5 nitrogen and oxygen atoms in total. The van der Waals surface area contributed by atoms with E-state index < -0.39 is 15.2 Å². The number of hydrogen-bond donors (Lipinski definition) is 1. The zero-order valence-corrected chi connectivity index (χ0v) is 13.2. The van der Waals surface area contributed by atoms with Gasteiger partial charge in [-0.3, -0.25) is 4.79 Å². The predicted molar refractivity (Wildman–Crippen MR) is 85.3 cm³/mol. The fourth-order valence-electron chi connectivity index (χ4n) is 2.57. The van der Waals surface area contributed by atoms with Crippen molar-refractivity contribution in [2.75, 3.05) is 24.3 Å². The van der Waals surface area contributed by atoms with Crippen LogP contribution in [0.25, 0.3) is 10.9 Å². The Kier molecular flexibility index (Phi) is 3.71. The van der Waals surface area contributed by atoms with Gasteiger partial charge >= 0.3 is 0 Å². The zero-order chi connectivity index (χ0) is 15.0. The Labute approximate surface area is 127 Å². The van der Waals surface area contributed by atoms with Crippen molar-refractivity contribution in [3.05, 3.63) is 36.0 Å². The minimum Gasteiger partial charge on any atom is -0.360 e. The summed E-state index contributed by atoms with van der Waals surface area (Å²) >= 11 is 1.57. The molecule has 0 aliphatic carbocycles. The van der Waals surface area contributed by atoms with Crippen LogP contribution in [0.4, 0.5) is 0 Å². The van der Waals surface area contributed by atoms with Crippen molar-refractivity contribution in [1.29, 1.82) is 0 Å². The molecule has 1 amide bonds. The molecule has 1 fully saturated rings.